The Hall–Kier alpha value is -1.12. The predicted molar refractivity (Wildman–Crippen MR) is 64.0 cm³/mol. The Morgan fingerprint density at radius 1 is 1.50 bits per heavy atom. The van der Waals surface area contributed by atoms with E-state index in [9.17, 15) is 9.59 Å². The highest BCUT2D eigenvalue weighted by Crippen LogP contribution is 2.23. The van der Waals surface area contributed by atoms with Crippen molar-refractivity contribution in [3.8, 4) is 0 Å². The molecule has 90 valence electrons. The van der Waals surface area contributed by atoms with Crippen LogP contribution in [0.5, 0.6) is 0 Å². The van der Waals surface area contributed by atoms with Gasteiger partial charge in [-0.05, 0) is 25.7 Å². The fourth-order valence-corrected chi connectivity index (χ4v) is 2.04. The minimum Gasteiger partial charge on any atom is -0.356 e. The van der Waals surface area contributed by atoms with Crippen LogP contribution < -0.4 is 5.32 Å². The molecule has 0 saturated heterocycles. The second kappa shape index (κ2) is 7.20. The van der Waals surface area contributed by atoms with Crippen molar-refractivity contribution in [2.24, 2.45) is 5.92 Å². The molecule has 1 amide bonds. The zero-order chi connectivity index (χ0) is 11.8. The molecular weight excluding hydrogens is 202 g/mol. The van der Waals surface area contributed by atoms with Crippen LogP contribution in [-0.2, 0) is 9.59 Å². The number of carbonyl (C=O) groups excluding carboxylic acids is 2. The van der Waals surface area contributed by atoms with Crippen molar-refractivity contribution in [3.05, 3.63) is 12.7 Å². The molecule has 0 radical (unpaired) electrons. The Morgan fingerprint density at radius 2 is 2.31 bits per heavy atom. The smallest absolute Gasteiger partial charge is 0.220 e. The molecule has 0 aliphatic heterocycles. The van der Waals surface area contributed by atoms with Crippen LogP contribution in [0.1, 0.15) is 44.9 Å². The van der Waals surface area contributed by atoms with Crippen molar-refractivity contribution < 1.29 is 9.59 Å². The Morgan fingerprint density at radius 3 is 3.00 bits per heavy atom. The minimum absolute atomic E-state index is 0.0179. The van der Waals surface area contributed by atoms with Gasteiger partial charge in [0.15, 0.2) is 0 Å². The second-order valence-electron chi connectivity index (χ2n) is 4.39. The van der Waals surface area contributed by atoms with Gasteiger partial charge in [0.05, 0.1) is 0 Å². The van der Waals surface area contributed by atoms with Crippen molar-refractivity contribution in [2.45, 2.75) is 44.9 Å². The first-order valence-electron chi connectivity index (χ1n) is 6.14. The number of allylic oxidation sites excluding steroid dienone is 1. The number of unbranched alkanes of at least 4 members (excludes halogenated alkanes) is 1. The largest absolute Gasteiger partial charge is 0.356 e. The van der Waals surface area contributed by atoms with Crippen LogP contribution in [0.4, 0.5) is 0 Å². The zero-order valence-electron chi connectivity index (χ0n) is 9.84. The first-order valence-corrected chi connectivity index (χ1v) is 6.14. The van der Waals surface area contributed by atoms with Crippen LogP contribution in [0, 0.1) is 5.92 Å². The fraction of sp³-hybridized carbons (Fsp3) is 0.692. The third-order valence-corrected chi connectivity index (χ3v) is 3.02. The summed E-state index contributed by atoms with van der Waals surface area (Å²) in [6, 6.07) is 0. The van der Waals surface area contributed by atoms with E-state index in [-0.39, 0.29) is 17.6 Å². The highest BCUT2D eigenvalue weighted by atomic mass is 16.2. The highest BCUT2D eigenvalue weighted by Gasteiger charge is 2.24. The summed E-state index contributed by atoms with van der Waals surface area (Å²) in [6.07, 6.45) is 7.70. The minimum atomic E-state index is -0.0202. The molecule has 1 N–H and O–H groups in total. The summed E-state index contributed by atoms with van der Waals surface area (Å²) in [5, 5.41) is 2.85. The lowest BCUT2D eigenvalue weighted by molar-refractivity contribution is -0.130. The third kappa shape index (κ3) is 4.60. The van der Waals surface area contributed by atoms with Crippen LogP contribution in [-0.4, -0.2) is 18.2 Å². The van der Waals surface area contributed by atoms with Gasteiger partial charge in [-0.25, -0.2) is 0 Å². The molecular formula is C13H21NO2. The lowest BCUT2D eigenvalue weighted by Crippen LogP contribution is -2.30. The zero-order valence-corrected chi connectivity index (χ0v) is 9.84. The summed E-state index contributed by atoms with van der Waals surface area (Å²) in [4.78, 5) is 23.0. The number of hydrogen-bond acceptors (Lipinski definition) is 2. The van der Waals surface area contributed by atoms with Crippen LogP contribution >= 0.6 is 0 Å². The van der Waals surface area contributed by atoms with Gasteiger partial charge in [-0.15, -0.1) is 6.58 Å². The number of amides is 1. The Labute approximate surface area is 97.3 Å². The topological polar surface area (TPSA) is 46.2 Å². The molecule has 1 atom stereocenters. The molecule has 16 heavy (non-hydrogen) atoms. The highest BCUT2D eigenvalue weighted by molar-refractivity contribution is 5.87. The number of carbonyl (C=O) groups is 2. The van der Waals surface area contributed by atoms with Crippen LogP contribution in [0.2, 0.25) is 0 Å². The number of Topliss-reactive ketones (excluding diaryl/α,β-unsaturated/α-hetero) is 1. The summed E-state index contributed by atoms with van der Waals surface area (Å²) in [5.41, 5.74) is 0. The van der Waals surface area contributed by atoms with Gasteiger partial charge in [-0.1, -0.05) is 12.5 Å². The first kappa shape index (κ1) is 12.9. The maximum Gasteiger partial charge on any atom is 0.220 e. The van der Waals surface area contributed by atoms with E-state index in [1.807, 2.05) is 6.08 Å². The van der Waals surface area contributed by atoms with Gasteiger partial charge in [-0.2, -0.15) is 0 Å². The molecule has 1 fully saturated rings. The van der Waals surface area contributed by atoms with Crippen molar-refractivity contribution in [1.29, 1.82) is 0 Å². The molecule has 1 aliphatic carbocycles. The third-order valence-electron chi connectivity index (χ3n) is 3.02. The van der Waals surface area contributed by atoms with Gasteiger partial charge >= 0.3 is 0 Å². The number of rotatable bonds is 6. The first-order chi connectivity index (χ1) is 7.74. The van der Waals surface area contributed by atoms with Gasteiger partial charge in [0.1, 0.15) is 5.78 Å². The molecule has 1 aliphatic rings. The second-order valence-corrected chi connectivity index (χ2v) is 4.39. The maximum absolute atomic E-state index is 11.5. The van der Waals surface area contributed by atoms with Gasteiger partial charge < -0.3 is 5.32 Å². The quantitative estimate of drug-likeness (QED) is 0.554. The summed E-state index contributed by atoms with van der Waals surface area (Å²) >= 11 is 0. The SMILES string of the molecule is C=CCCCNC(=O)CC1CCCCC1=O. The van der Waals surface area contributed by atoms with E-state index in [1.165, 1.54) is 0 Å². The van der Waals surface area contributed by atoms with Gasteiger partial charge in [-0.3, -0.25) is 9.59 Å². The summed E-state index contributed by atoms with van der Waals surface area (Å²) in [7, 11) is 0. The number of nitrogens with one attached hydrogen (secondary N) is 1. The molecule has 1 saturated carbocycles. The summed E-state index contributed by atoms with van der Waals surface area (Å²) in [5.74, 6) is 0.268. The molecule has 1 rings (SSSR count). The summed E-state index contributed by atoms with van der Waals surface area (Å²) in [6.45, 7) is 4.31. The van der Waals surface area contributed by atoms with Crippen molar-refractivity contribution in [1.82, 2.24) is 5.32 Å². The number of ketones is 1. The maximum atomic E-state index is 11.5. The van der Waals surface area contributed by atoms with Gasteiger partial charge in [0.2, 0.25) is 5.91 Å². The molecule has 1 unspecified atom stereocenters. The molecule has 0 aromatic carbocycles. The molecule has 3 heteroatoms. The van der Waals surface area contributed by atoms with E-state index in [0.717, 1.165) is 32.1 Å². The Bertz CT molecular complexity index is 261. The predicted octanol–water partition coefficient (Wildman–Crippen LogP) is 2.22. The normalized spacial score (nSPS) is 20.5. The molecule has 0 aromatic rings. The molecule has 0 spiro atoms. The van der Waals surface area contributed by atoms with Crippen molar-refractivity contribution in [3.63, 3.8) is 0 Å². The molecule has 0 aromatic heterocycles. The van der Waals surface area contributed by atoms with Crippen LogP contribution in [0.3, 0.4) is 0 Å². The molecule has 0 heterocycles. The van der Waals surface area contributed by atoms with E-state index in [4.69, 9.17) is 0 Å². The number of hydrogen-bond donors (Lipinski definition) is 1. The Kier molecular flexibility index (Phi) is 5.83. The Balaban J connectivity index is 2.17. The standard InChI is InChI=1S/C13H21NO2/c1-2-3-6-9-14-13(16)10-11-7-4-5-8-12(11)15/h2,11H,1,3-10H2,(H,14,16). The van der Waals surface area contributed by atoms with Gasteiger partial charge in [0.25, 0.3) is 0 Å². The molecule has 0 bridgehead atoms. The van der Waals surface area contributed by atoms with E-state index in [2.05, 4.69) is 11.9 Å². The molecule has 3 nitrogen and oxygen atoms in total. The van der Waals surface area contributed by atoms with E-state index >= 15 is 0 Å². The average molecular weight is 223 g/mol. The van der Waals surface area contributed by atoms with Gasteiger partial charge in [0, 0.05) is 25.3 Å². The van der Waals surface area contributed by atoms with Crippen molar-refractivity contribution in [2.75, 3.05) is 6.54 Å². The van der Waals surface area contributed by atoms with E-state index < -0.39 is 0 Å². The van der Waals surface area contributed by atoms with Crippen molar-refractivity contribution >= 4 is 11.7 Å². The average Bonchev–Trinajstić information content (AvgIpc) is 2.28. The van der Waals surface area contributed by atoms with E-state index in [1.54, 1.807) is 0 Å². The van der Waals surface area contributed by atoms with Crippen LogP contribution in [0.15, 0.2) is 12.7 Å². The lowest BCUT2D eigenvalue weighted by atomic mass is 9.85. The summed E-state index contributed by atoms with van der Waals surface area (Å²) < 4.78 is 0. The lowest BCUT2D eigenvalue weighted by Gasteiger charge is -2.19. The van der Waals surface area contributed by atoms with E-state index in [0.29, 0.717) is 19.4 Å². The van der Waals surface area contributed by atoms with Crippen LogP contribution in [0.25, 0.3) is 0 Å². The monoisotopic (exact) mass is 223 g/mol. The fourth-order valence-electron chi connectivity index (χ4n) is 2.04.